The van der Waals surface area contributed by atoms with Crippen molar-refractivity contribution < 1.29 is 22.4 Å². The Hall–Kier alpha value is -2.81. The quantitative estimate of drug-likeness (QED) is 0.699. The van der Waals surface area contributed by atoms with Crippen molar-refractivity contribution >= 4 is 32.6 Å². The van der Waals surface area contributed by atoms with Gasteiger partial charge in [-0.05, 0) is 32.0 Å². The summed E-state index contributed by atoms with van der Waals surface area (Å²) >= 11 is 0. The first-order valence-corrected chi connectivity index (χ1v) is 8.46. The van der Waals surface area contributed by atoms with Crippen molar-refractivity contribution in [1.29, 1.82) is 0 Å². The number of rotatable bonds is 4. The summed E-state index contributed by atoms with van der Waals surface area (Å²) in [5.41, 5.74) is 0.912. The van der Waals surface area contributed by atoms with Gasteiger partial charge in [-0.3, -0.25) is 9.82 Å². The first-order valence-electron chi connectivity index (χ1n) is 6.97. The molecular formula is C15H15N3O5S. The van der Waals surface area contributed by atoms with Crippen molar-refractivity contribution in [2.45, 2.75) is 18.7 Å². The van der Waals surface area contributed by atoms with Crippen molar-refractivity contribution in [3.63, 3.8) is 0 Å². The molecule has 3 rings (SSSR count). The molecule has 0 amide bonds. The first-order chi connectivity index (χ1) is 11.3. The summed E-state index contributed by atoms with van der Waals surface area (Å²) in [6, 6.07) is 4.95. The molecule has 0 aliphatic carbocycles. The van der Waals surface area contributed by atoms with E-state index in [0.717, 1.165) is 5.39 Å². The van der Waals surface area contributed by atoms with Gasteiger partial charge in [-0.2, -0.15) is 5.10 Å². The molecule has 0 saturated heterocycles. The number of nitrogens with zero attached hydrogens (tertiary/aromatic N) is 1. The van der Waals surface area contributed by atoms with E-state index >= 15 is 0 Å². The molecule has 24 heavy (non-hydrogen) atoms. The van der Waals surface area contributed by atoms with Crippen LogP contribution in [0.1, 0.15) is 21.9 Å². The van der Waals surface area contributed by atoms with Gasteiger partial charge in [0.1, 0.15) is 22.0 Å². The number of methoxy groups -OCH3 is 1. The maximum atomic E-state index is 12.7. The van der Waals surface area contributed by atoms with Crippen LogP contribution in [0.15, 0.2) is 33.7 Å². The minimum Gasteiger partial charge on any atom is -0.465 e. The molecule has 9 heteroatoms. The second-order valence-electron chi connectivity index (χ2n) is 5.19. The Labute approximate surface area is 137 Å². The summed E-state index contributed by atoms with van der Waals surface area (Å²) in [7, 11) is -2.86. The largest absolute Gasteiger partial charge is 0.465 e. The topological polar surface area (TPSA) is 114 Å². The van der Waals surface area contributed by atoms with Crippen molar-refractivity contribution in [2.75, 3.05) is 11.8 Å². The standard InChI is InChI=1S/C15H15N3O5S/c1-8-13(15(19)22-3)14(9(2)23-8)24(20,21)18-11-5-4-10-7-16-17-12(10)6-11/h4-7,18H,1-3H3,(H,16,17). The zero-order valence-corrected chi connectivity index (χ0v) is 14.0. The molecule has 3 aromatic rings. The molecule has 1 aromatic carbocycles. The number of aromatic amines is 1. The Bertz CT molecular complexity index is 1030. The Kier molecular flexibility index (Phi) is 3.80. The van der Waals surface area contributed by atoms with Crippen LogP contribution in [0.5, 0.6) is 0 Å². The number of carbonyl (C=O) groups excluding carboxylic acids is 1. The van der Waals surface area contributed by atoms with Gasteiger partial charge >= 0.3 is 5.97 Å². The summed E-state index contributed by atoms with van der Waals surface area (Å²) in [5.74, 6) is -0.472. The molecule has 0 aliphatic rings. The van der Waals surface area contributed by atoms with Crippen LogP contribution in [-0.4, -0.2) is 31.7 Å². The third-order valence-electron chi connectivity index (χ3n) is 3.56. The average molecular weight is 349 g/mol. The van der Waals surface area contributed by atoms with Gasteiger partial charge in [0.15, 0.2) is 0 Å². The molecule has 2 heterocycles. The fourth-order valence-corrected chi connectivity index (χ4v) is 3.99. The minimum absolute atomic E-state index is 0.106. The number of benzene rings is 1. The van der Waals surface area contributed by atoms with Gasteiger partial charge in [0, 0.05) is 5.39 Å². The summed E-state index contributed by atoms with van der Waals surface area (Å²) in [6.07, 6.45) is 1.63. The van der Waals surface area contributed by atoms with E-state index in [4.69, 9.17) is 4.42 Å². The van der Waals surface area contributed by atoms with Crippen molar-refractivity contribution in [3.05, 3.63) is 41.5 Å². The molecule has 0 aliphatic heterocycles. The lowest BCUT2D eigenvalue weighted by atomic mass is 10.2. The number of sulfonamides is 1. The Morgan fingerprint density at radius 1 is 1.29 bits per heavy atom. The molecule has 0 radical (unpaired) electrons. The summed E-state index contributed by atoms with van der Waals surface area (Å²) in [4.78, 5) is 11.7. The predicted octanol–water partition coefficient (Wildman–Crippen LogP) is 2.36. The molecule has 0 unspecified atom stereocenters. The monoisotopic (exact) mass is 349 g/mol. The lowest BCUT2D eigenvalue weighted by Crippen LogP contribution is -2.17. The van der Waals surface area contributed by atoms with E-state index in [2.05, 4.69) is 19.7 Å². The summed E-state index contributed by atoms with van der Waals surface area (Å²) in [6.45, 7) is 2.99. The first kappa shape index (κ1) is 16.1. The molecular weight excluding hydrogens is 334 g/mol. The fraction of sp³-hybridized carbons (Fsp3) is 0.200. The molecule has 2 N–H and O–H groups in total. The third-order valence-corrected chi connectivity index (χ3v) is 5.09. The van der Waals surface area contributed by atoms with E-state index in [9.17, 15) is 13.2 Å². The number of anilines is 1. The van der Waals surface area contributed by atoms with Crippen LogP contribution < -0.4 is 4.72 Å². The molecule has 0 spiro atoms. The lowest BCUT2D eigenvalue weighted by Gasteiger charge is -2.09. The number of hydrogen-bond donors (Lipinski definition) is 2. The molecule has 0 saturated carbocycles. The highest BCUT2D eigenvalue weighted by atomic mass is 32.2. The van der Waals surface area contributed by atoms with Crippen LogP contribution in [-0.2, 0) is 14.8 Å². The minimum atomic E-state index is -4.04. The number of ether oxygens (including phenoxy) is 1. The number of aromatic nitrogens is 2. The number of nitrogens with one attached hydrogen (secondary N) is 2. The Morgan fingerprint density at radius 3 is 2.75 bits per heavy atom. The van der Waals surface area contributed by atoms with Gasteiger partial charge in [-0.15, -0.1) is 0 Å². The maximum Gasteiger partial charge on any atom is 0.342 e. The second-order valence-corrected chi connectivity index (χ2v) is 6.81. The van der Waals surface area contributed by atoms with Gasteiger partial charge in [0.2, 0.25) is 0 Å². The Morgan fingerprint density at radius 2 is 2.04 bits per heavy atom. The van der Waals surface area contributed by atoms with Crippen molar-refractivity contribution in [1.82, 2.24) is 10.2 Å². The number of fused-ring (bicyclic) bond motifs is 1. The fourth-order valence-electron chi connectivity index (χ4n) is 2.53. The number of hydrogen-bond acceptors (Lipinski definition) is 6. The van der Waals surface area contributed by atoms with Crippen molar-refractivity contribution in [2.24, 2.45) is 0 Å². The molecule has 0 fully saturated rings. The highest BCUT2D eigenvalue weighted by Crippen LogP contribution is 2.29. The maximum absolute atomic E-state index is 12.7. The average Bonchev–Trinajstić information content (AvgIpc) is 3.09. The van der Waals surface area contributed by atoms with Gasteiger partial charge in [-0.25, -0.2) is 13.2 Å². The van der Waals surface area contributed by atoms with E-state index in [1.54, 1.807) is 24.4 Å². The zero-order chi connectivity index (χ0) is 17.5. The lowest BCUT2D eigenvalue weighted by molar-refractivity contribution is 0.0595. The normalized spacial score (nSPS) is 11.6. The van der Waals surface area contributed by atoms with Gasteiger partial charge < -0.3 is 9.15 Å². The number of esters is 1. The van der Waals surface area contributed by atoms with Crippen LogP contribution in [0, 0.1) is 13.8 Å². The van der Waals surface area contributed by atoms with E-state index in [1.165, 1.54) is 21.0 Å². The molecule has 126 valence electrons. The van der Waals surface area contributed by atoms with Crippen LogP contribution in [0.25, 0.3) is 10.9 Å². The summed E-state index contributed by atoms with van der Waals surface area (Å²) < 4.78 is 37.9. The van der Waals surface area contributed by atoms with Crippen LogP contribution in [0.3, 0.4) is 0 Å². The van der Waals surface area contributed by atoms with Gasteiger partial charge in [0.05, 0.1) is 24.5 Å². The number of furan rings is 1. The highest BCUT2D eigenvalue weighted by molar-refractivity contribution is 7.92. The molecule has 8 nitrogen and oxygen atoms in total. The summed E-state index contributed by atoms with van der Waals surface area (Å²) in [5, 5.41) is 7.50. The Balaban J connectivity index is 2.06. The van der Waals surface area contributed by atoms with Gasteiger partial charge in [-0.1, -0.05) is 0 Å². The number of carbonyl (C=O) groups is 1. The van der Waals surface area contributed by atoms with Crippen LogP contribution in [0.2, 0.25) is 0 Å². The third kappa shape index (κ3) is 2.62. The molecule has 0 atom stereocenters. The van der Waals surface area contributed by atoms with E-state index in [-0.39, 0.29) is 22.0 Å². The van der Waals surface area contributed by atoms with Gasteiger partial charge in [0.25, 0.3) is 10.0 Å². The molecule has 2 aromatic heterocycles. The van der Waals surface area contributed by atoms with E-state index < -0.39 is 16.0 Å². The molecule has 0 bridgehead atoms. The van der Waals surface area contributed by atoms with E-state index in [0.29, 0.717) is 11.2 Å². The number of H-pyrrole nitrogens is 1. The predicted molar refractivity (Wildman–Crippen MR) is 86.4 cm³/mol. The highest BCUT2D eigenvalue weighted by Gasteiger charge is 2.31. The van der Waals surface area contributed by atoms with Crippen LogP contribution in [0.4, 0.5) is 5.69 Å². The second kappa shape index (κ2) is 5.68. The SMILES string of the molecule is COC(=O)c1c(C)oc(C)c1S(=O)(=O)Nc1ccc2cn[nH]c2c1. The van der Waals surface area contributed by atoms with E-state index in [1.807, 2.05) is 0 Å². The van der Waals surface area contributed by atoms with Crippen LogP contribution >= 0.6 is 0 Å². The smallest absolute Gasteiger partial charge is 0.342 e. The number of aryl methyl sites for hydroxylation is 2. The van der Waals surface area contributed by atoms with Crippen molar-refractivity contribution in [3.8, 4) is 0 Å². The zero-order valence-electron chi connectivity index (χ0n) is 13.2.